The van der Waals surface area contributed by atoms with E-state index in [4.69, 9.17) is 10.5 Å². The van der Waals surface area contributed by atoms with Gasteiger partial charge in [0.25, 0.3) is 0 Å². The van der Waals surface area contributed by atoms with Gasteiger partial charge in [-0.15, -0.1) is 0 Å². The number of carbonyl (C=O) groups is 1. The first-order valence-corrected chi connectivity index (χ1v) is 8.15. The number of carbonyl (C=O) groups excluding carboxylic acids is 1. The van der Waals surface area contributed by atoms with Crippen LogP contribution in [0.4, 0.5) is 4.79 Å². The molecule has 2 N–H and O–H groups in total. The van der Waals surface area contributed by atoms with Gasteiger partial charge >= 0.3 is 6.09 Å². The van der Waals surface area contributed by atoms with E-state index in [2.05, 4.69) is 16.0 Å². The van der Waals surface area contributed by atoms with Crippen molar-refractivity contribution in [1.29, 1.82) is 0 Å². The highest BCUT2D eigenvalue weighted by molar-refractivity contribution is 5.68. The standard InChI is InChI=1S/C17H28N4O2/c1-13(18)15(14-6-5-7-19-12-14)20-8-10-21(11-9-20)16(22)23-17(2,3)4/h5-7,12-13,15H,8-11,18H2,1-4H3. The molecule has 23 heavy (non-hydrogen) atoms. The van der Waals surface area contributed by atoms with Crippen LogP contribution < -0.4 is 5.73 Å². The van der Waals surface area contributed by atoms with Crippen molar-refractivity contribution in [3.63, 3.8) is 0 Å². The van der Waals surface area contributed by atoms with Crippen molar-refractivity contribution >= 4 is 6.09 Å². The highest BCUT2D eigenvalue weighted by atomic mass is 16.6. The fourth-order valence-electron chi connectivity index (χ4n) is 2.91. The fraction of sp³-hybridized carbons (Fsp3) is 0.647. The number of nitrogens with zero attached hydrogens (tertiary/aromatic N) is 3. The molecular weight excluding hydrogens is 292 g/mol. The zero-order chi connectivity index (χ0) is 17.0. The summed E-state index contributed by atoms with van der Waals surface area (Å²) in [6.45, 7) is 10.5. The Kier molecular flexibility index (Phi) is 5.59. The molecule has 6 nitrogen and oxygen atoms in total. The third-order valence-corrected chi connectivity index (χ3v) is 3.88. The van der Waals surface area contributed by atoms with Gasteiger partial charge in [-0.25, -0.2) is 4.79 Å². The van der Waals surface area contributed by atoms with Gasteiger partial charge in [0.2, 0.25) is 0 Å². The predicted octanol–water partition coefficient (Wildman–Crippen LogP) is 2.02. The van der Waals surface area contributed by atoms with Gasteiger partial charge in [-0.1, -0.05) is 6.07 Å². The van der Waals surface area contributed by atoms with E-state index in [1.165, 1.54) is 0 Å². The lowest BCUT2D eigenvalue weighted by Crippen LogP contribution is -2.53. The maximum absolute atomic E-state index is 12.1. The van der Waals surface area contributed by atoms with Crippen molar-refractivity contribution in [1.82, 2.24) is 14.8 Å². The molecule has 1 aliphatic rings. The first kappa shape index (κ1) is 17.7. The molecular formula is C17H28N4O2. The van der Waals surface area contributed by atoms with Crippen molar-refractivity contribution in [3.05, 3.63) is 30.1 Å². The molecule has 2 atom stereocenters. The number of pyridine rings is 1. The minimum Gasteiger partial charge on any atom is -0.444 e. The van der Waals surface area contributed by atoms with E-state index in [1.54, 1.807) is 11.1 Å². The van der Waals surface area contributed by atoms with E-state index in [1.807, 2.05) is 40.0 Å². The number of nitrogens with two attached hydrogens (primary N) is 1. The smallest absolute Gasteiger partial charge is 0.410 e. The number of rotatable bonds is 3. The van der Waals surface area contributed by atoms with Gasteiger partial charge in [0.1, 0.15) is 5.60 Å². The molecule has 2 heterocycles. The summed E-state index contributed by atoms with van der Waals surface area (Å²) in [5.41, 5.74) is 6.86. The summed E-state index contributed by atoms with van der Waals surface area (Å²) < 4.78 is 5.44. The van der Waals surface area contributed by atoms with Crippen LogP contribution in [0.25, 0.3) is 0 Å². The van der Waals surface area contributed by atoms with Gasteiger partial charge in [-0.05, 0) is 39.3 Å². The van der Waals surface area contributed by atoms with Crippen LogP contribution in [0.5, 0.6) is 0 Å². The third kappa shape index (κ3) is 4.91. The van der Waals surface area contributed by atoms with Gasteiger partial charge in [0.15, 0.2) is 0 Å². The number of amides is 1. The molecule has 6 heteroatoms. The number of piperazine rings is 1. The van der Waals surface area contributed by atoms with Gasteiger partial charge in [-0.3, -0.25) is 9.88 Å². The maximum atomic E-state index is 12.1. The maximum Gasteiger partial charge on any atom is 0.410 e. The first-order valence-electron chi connectivity index (χ1n) is 8.15. The normalized spacial score (nSPS) is 19.3. The van der Waals surface area contributed by atoms with Crippen molar-refractivity contribution in [2.75, 3.05) is 26.2 Å². The molecule has 0 radical (unpaired) electrons. The van der Waals surface area contributed by atoms with E-state index < -0.39 is 5.60 Å². The van der Waals surface area contributed by atoms with Crippen LogP contribution in [0, 0.1) is 0 Å². The molecule has 1 aliphatic heterocycles. The van der Waals surface area contributed by atoms with E-state index in [9.17, 15) is 4.79 Å². The summed E-state index contributed by atoms with van der Waals surface area (Å²) >= 11 is 0. The molecule has 1 saturated heterocycles. The second kappa shape index (κ2) is 7.27. The molecule has 1 fully saturated rings. The largest absolute Gasteiger partial charge is 0.444 e. The summed E-state index contributed by atoms with van der Waals surface area (Å²) in [6, 6.07) is 4.10. The summed E-state index contributed by atoms with van der Waals surface area (Å²) in [5, 5.41) is 0. The minimum absolute atomic E-state index is 0.00715. The Bertz CT molecular complexity index is 505. The molecule has 128 valence electrons. The van der Waals surface area contributed by atoms with Crippen LogP contribution in [-0.4, -0.2) is 58.7 Å². The van der Waals surface area contributed by atoms with Crippen LogP contribution in [-0.2, 0) is 4.74 Å². The van der Waals surface area contributed by atoms with Crippen LogP contribution in [0.15, 0.2) is 24.5 Å². The monoisotopic (exact) mass is 320 g/mol. The van der Waals surface area contributed by atoms with E-state index in [0.717, 1.165) is 18.7 Å². The number of hydrogen-bond acceptors (Lipinski definition) is 5. The molecule has 1 amide bonds. The zero-order valence-electron chi connectivity index (χ0n) is 14.5. The van der Waals surface area contributed by atoms with Crippen molar-refractivity contribution in [3.8, 4) is 0 Å². The minimum atomic E-state index is -0.460. The lowest BCUT2D eigenvalue weighted by molar-refractivity contribution is 0.00912. The Hall–Kier alpha value is -1.66. The van der Waals surface area contributed by atoms with E-state index >= 15 is 0 Å². The second-order valence-corrected chi connectivity index (χ2v) is 7.09. The fourth-order valence-corrected chi connectivity index (χ4v) is 2.91. The van der Waals surface area contributed by atoms with E-state index in [0.29, 0.717) is 13.1 Å². The molecule has 0 saturated carbocycles. The highest BCUT2D eigenvalue weighted by Gasteiger charge is 2.31. The number of ether oxygens (including phenoxy) is 1. The summed E-state index contributed by atoms with van der Waals surface area (Å²) in [5.74, 6) is 0. The molecule has 0 bridgehead atoms. The van der Waals surface area contributed by atoms with Crippen LogP contribution in [0.3, 0.4) is 0 Å². The zero-order valence-corrected chi connectivity index (χ0v) is 14.5. The molecule has 0 aliphatic carbocycles. The average molecular weight is 320 g/mol. The van der Waals surface area contributed by atoms with Gasteiger partial charge < -0.3 is 15.4 Å². The highest BCUT2D eigenvalue weighted by Crippen LogP contribution is 2.24. The lowest BCUT2D eigenvalue weighted by atomic mass is 10.00. The van der Waals surface area contributed by atoms with Gasteiger partial charge in [0.05, 0.1) is 6.04 Å². The van der Waals surface area contributed by atoms with Crippen LogP contribution in [0.1, 0.15) is 39.3 Å². The SMILES string of the molecule is CC(N)C(c1cccnc1)N1CCN(C(=O)OC(C)(C)C)CC1. The van der Waals surface area contributed by atoms with Crippen molar-refractivity contribution in [2.24, 2.45) is 5.73 Å². The summed E-state index contributed by atoms with van der Waals surface area (Å²) in [7, 11) is 0. The molecule has 0 spiro atoms. The first-order chi connectivity index (χ1) is 10.8. The van der Waals surface area contributed by atoms with Crippen LogP contribution in [0.2, 0.25) is 0 Å². The molecule has 2 unspecified atom stereocenters. The summed E-state index contributed by atoms with van der Waals surface area (Å²) in [6.07, 6.45) is 3.40. The average Bonchev–Trinajstić information content (AvgIpc) is 2.47. The van der Waals surface area contributed by atoms with Gasteiger partial charge in [-0.2, -0.15) is 0 Å². The predicted molar refractivity (Wildman–Crippen MR) is 90.0 cm³/mol. The topological polar surface area (TPSA) is 71.7 Å². The molecule has 0 aromatic carbocycles. The number of hydrogen-bond donors (Lipinski definition) is 1. The molecule has 1 aromatic heterocycles. The quantitative estimate of drug-likeness (QED) is 0.922. The summed E-state index contributed by atoms with van der Waals surface area (Å²) in [4.78, 5) is 20.4. The van der Waals surface area contributed by atoms with E-state index in [-0.39, 0.29) is 18.2 Å². The Morgan fingerprint density at radius 1 is 1.30 bits per heavy atom. The second-order valence-electron chi connectivity index (χ2n) is 7.09. The Labute approximate surface area is 138 Å². The van der Waals surface area contributed by atoms with Crippen molar-refractivity contribution < 1.29 is 9.53 Å². The third-order valence-electron chi connectivity index (χ3n) is 3.88. The Morgan fingerprint density at radius 3 is 2.43 bits per heavy atom. The number of aromatic nitrogens is 1. The Balaban J connectivity index is 1.98. The lowest BCUT2D eigenvalue weighted by Gasteiger charge is -2.41. The Morgan fingerprint density at radius 2 is 1.96 bits per heavy atom. The molecule has 2 rings (SSSR count). The van der Waals surface area contributed by atoms with Crippen molar-refractivity contribution in [2.45, 2.75) is 45.4 Å². The van der Waals surface area contributed by atoms with Crippen LogP contribution >= 0.6 is 0 Å². The molecule has 1 aromatic rings. The van der Waals surface area contributed by atoms with Gasteiger partial charge in [0, 0.05) is 44.6 Å².